The Morgan fingerprint density at radius 2 is 1.88 bits per heavy atom. The molecule has 7 nitrogen and oxygen atoms in total. The Balaban J connectivity index is 0. The number of hydrogen-bond acceptors (Lipinski definition) is 3. The molecule has 2 aliphatic carbocycles. The van der Waals surface area contributed by atoms with Gasteiger partial charge in [0, 0.05) is 30.9 Å². The van der Waals surface area contributed by atoms with E-state index in [1.54, 1.807) is 0 Å². The van der Waals surface area contributed by atoms with Gasteiger partial charge in [-0.25, -0.2) is 0 Å². The van der Waals surface area contributed by atoms with Crippen LogP contribution in [0.25, 0.3) is 0 Å². The molecule has 1 saturated heterocycles. The number of nitrogens with one attached hydrogen (secondary N) is 1. The van der Waals surface area contributed by atoms with Crippen molar-refractivity contribution in [1.82, 2.24) is 10.2 Å². The fourth-order valence-corrected chi connectivity index (χ4v) is 5.65. The summed E-state index contributed by atoms with van der Waals surface area (Å²) in [4.78, 5) is 2.66. The Bertz CT molecular complexity index is 652. The van der Waals surface area contributed by atoms with E-state index in [0.29, 0.717) is 23.3 Å². The second kappa shape index (κ2) is 15.1. The molecular weight excluding hydrogens is 442 g/mol. The van der Waals surface area contributed by atoms with Gasteiger partial charge in [0.1, 0.15) is 5.70 Å². The summed E-state index contributed by atoms with van der Waals surface area (Å²) in [5.74, 6) is 1.97. The van der Waals surface area contributed by atoms with E-state index in [-0.39, 0.29) is 29.2 Å². The largest absolute Gasteiger partial charge is 0.630 e. The van der Waals surface area contributed by atoms with Crippen molar-refractivity contribution in [2.75, 3.05) is 19.6 Å². The molecule has 33 heavy (non-hydrogen) atoms. The van der Waals surface area contributed by atoms with Crippen LogP contribution in [0.3, 0.4) is 0 Å². The average Bonchev–Trinajstić information content (AvgIpc) is 2.68. The molecule has 0 bridgehead atoms. The van der Waals surface area contributed by atoms with Gasteiger partial charge >= 0.3 is 0 Å². The third kappa shape index (κ3) is 9.32. The molecule has 196 valence electrons. The van der Waals surface area contributed by atoms with E-state index < -0.39 is 0 Å². The lowest BCUT2D eigenvalue weighted by molar-refractivity contribution is -0.530. The van der Waals surface area contributed by atoms with Crippen LogP contribution in [0.1, 0.15) is 67.2 Å². The van der Waals surface area contributed by atoms with Crippen LogP contribution in [0.15, 0.2) is 35.7 Å². The van der Waals surface area contributed by atoms with Crippen LogP contribution >= 0.6 is 11.6 Å². The van der Waals surface area contributed by atoms with E-state index >= 15 is 0 Å². The zero-order chi connectivity index (χ0) is 21.0. The molecule has 1 heterocycles. The molecule has 9 N–H and O–H groups in total. The van der Waals surface area contributed by atoms with E-state index in [9.17, 15) is 5.21 Å². The van der Waals surface area contributed by atoms with Crippen molar-refractivity contribution in [3.05, 3.63) is 40.9 Å². The van der Waals surface area contributed by atoms with Crippen molar-refractivity contribution in [3.8, 4) is 0 Å². The van der Waals surface area contributed by atoms with E-state index in [4.69, 9.17) is 11.6 Å². The molecular formula is C25H50ClN3O4. The van der Waals surface area contributed by atoms with Crippen molar-refractivity contribution in [3.63, 3.8) is 0 Å². The maximum atomic E-state index is 11.1. The number of quaternary nitrogens is 1. The Morgan fingerprint density at radius 3 is 2.42 bits per heavy atom. The van der Waals surface area contributed by atoms with Gasteiger partial charge in [0.25, 0.3) is 0 Å². The quantitative estimate of drug-likeness (QED) is 0.319. The van der Waals surface area contributed by atoms with Crippen LogP contribution in [-0.2, 0) is 0 Å². The summed E-state index contributed by atoms with van der Waals surface area (Å²) < 4.78 is 0. The van der Waals surface area contributed by atoms with Gasteiger partial charge in [-0.1, -0.05) is 47.3 Å². The molecule has 4 atom stereocenters. The number of likely N-dealkylation sites (tertiary alicyclic amines) is 1. The molecule has 1 aliphatic heterocycles. The summed E-state index contributed by atoms with van der Waals surface area (Å²) in [6.07, 6.45) is 14.2. The molecule has 8 heteroatoms. The van der Waals surface area contributed by atoms with Gasteiger partial charge in [-0.15, -0.1) is 11.6 Å². The summed E-state index contributed by atoms with van der Waals surface area (Å²) in [6, 6.07) is 0.409. The number of allylic oxidation sites excluding steroid dienone is 5. The van der Waals surface area contributed by atoms with E-state index in [1.807, 2.05) is 12.2 Å². The zero-order valence-electron chi connectivity index (χ0n) is 20.2. The van der Waals surface area contributed by atoms with Gasteiger partial charge in [0.15, 0.2) is 0 Å². The fourth-order valence-electron chi connectivity index (χ4n) is 5.44. The average molecular weight is 492 g/mol. The topological polar surface area (TPSA) is 149 Å². The highest BCUT2D eigenvalue weighted by Gasteiger charge is 2.40. The van der Waals surface area contributed by atoms with Crippen molar-refractivity contribution >= 4 is 11.6 Å². The first-order valence-electron chi connectivity index (χ1n) is 11.5. The minimum Gasteiger partial charge on any atom is -0.630 e. The maximum Gasteiger partial charge on any atom is 0.127 e. The van der Waals surface area contributed by atoms with Crippen LogP contribution in [0.5, 0.6) is 0 Å². The molecule has 0 amide bonds. The van der Waals surface area contributed by atoms with Crippen LogP contribution in [0, 0.1) is 28.4 Å². The van der Waals surface area contributed by atoms with Crippen LogP contribution in [0.2, 0.25) is 0 Å². The number of halogens is 1. The number of hydroxylamine groups is 1. The fraction of sp³-hybridized carbons (Fsp3) is 0.760. The SMILES string of the molecule is C.CC(C)[C@H](CN1CC[C@H](C2C=CC(Cl)CC2)C(C)(C)C1)NC1=CC([NH2+][O-])=CCC1.O.O.O. The molecule has 3 rings (SSSR count). The van der Waals surface area contributed by atoms with Crippen LogP contribution in [0.4, 0.5) is 0 Å². The predicted octanol–water partition coefficient (Wildman–Crippen LogP) is 2.31. The summed E-state index contributed by atoms with van der Waals surface area (Å²) in [5.41, 5.74) is 3.30. The lowest BCUT2D eigenvalue weighted by atomic mass is 9.65. The Hall–Kier alpha value is -0.930. The third-order valence-electron chi connectivity index (χ3n) is 7.15. The minimum absolute atomic E-state index is 0. The zero-order valence-corrected chi connectivity index (χ0v) is 20.9. The second-order valence-electron chi connectivity index (χ2n) is 10.3. The van der Waals surface area contributed by atoms with Gasteiger partial charge in [-0.05, 0) is 67.9 Å². The molecule has 0 radical (unpaired) electrons. The highest BCUT2D eigenvalue weighted by atomic mass is 35.5. The van der Waals surface area contributed by atoms with Crippen molar-refractivity contribution in [1.29, 1.82) is 0 Å². The smallest absolute Gasteiger partial charge is 0.127 e. The summed E-state index contributed by atoms with van der Waals surface area (Å²) in [7, 11) is 0. The third-order valence-corrected chi connectivity index (χ3v) is 7.52. The normalized spacial score (nSPS) is 27.5. The molecule has 0 spiro atoms. The van der Waals surface area contributed by atoms with Crippen molar-refractivity contribution < 1.29 is 21.9 Å². The van der Waals surface area contributed by atoms with Crippen molar-refractivity contribution in [2.24, 2.45) is 23.2 Å². The van der Waals surface area contributed by atoms with Gasteiger partial charge in [0.2, 0.25) is 0 Å². The number of alkyl halides is 1. The molecule has 3 aliphatic rings. The first-order chi connectivity index (χ1) is 13.8. The van der Waals surface area contributed by atoms with Crippen LogP contribution in [-0.4, -0.2) is 52.4 Å². The number of nitrogens with zero attached hydrogens (tertiary/aromatic N) is 1. The highest BCUT2D eigenvalue weighted by molar-refractivity contribution is 6.21. The molecule has 0 aromatic carbocycles. The standard InChI is InChI=1S/C24H40ClN3O.CH4.3H2O/c1-17(2)23(26-20-6-5-7-21(14-20)27-29)15-28-13-12-22(24(3,4)16-28)18-8-10-19(25)11-9-18;;;;/h7-8,10,14,17-19,22-23,26H,5-6,9,11-13,15-16,27H2,1-4H3;1H4;3*1H2/t18?,19?,22-,23+;;;;/m1..../s1. The minimum atomic E-state index is 0. The lowest BCUT2D eigenvalue weighted by Crippen LogP contribution is -2.74. The summed E-state index contributed by atoms with van der Waals surface area (Å²) >= 11 is 6.27. The predicted molar refractivity (Wildman–Crippen MR) is 140 cm³/mol. The monoisotopic (exact) mass is 491 g/mol. The number of rotatable bonds is 7. The number of hydrogen-bond donors (Lipinski definition) is 2. The highest BCUT2D eigenvalue weighted by Crippen LogP contribution is 2.43. The Morgan fingerprint density at radius 1 is 1.18 bits per heavy atom. The van der Waals surface area contributed by atoms with E-state index in [0.717, 1.165) is 49.4 Å². The van der Waals surface area contributed by atoms with E-state index in [2.05, 4.69) is 50.1 Å². The number of nitrogens with two attached hydrogens (primary N) is 1. The first-order valence-corrected chi connectivity index (χ1v) is 11.9. The summed E-state index contributed by atoms with van der Waals surface area (Å²) in [6.45, 7) is 12.9. The Labute approximate surface area is 206 Å². The van der Waals surface area contributed by atoms with Gasteiger partial charge in [-0.3, -0.25) is 0 Å². The van der Waals surface area contributed by atoms with Crippen molar-refractivity contribution in [2.45, 2.75) is 78.6 Å². The number of piperidine rings is 1. The molecule has 0 aromatic rings. The molecule has 2 unspecified atom stereocenters. The van der Waals surface area contributed by atoms with Gasteiger partial charge in [0.05, 0.1) is 5.38 Å². The lowest BCUT2D eigenvalue weighted by Gasteiger charge is -2.48. The second-order valence-corrected chi connectivity index (χ2v) is 10.8. The molecule has 0 aromatic heterocycles. The first kappa shape index (κ1) is 34.2. The van der Waals surface area contributed by atoms with E-state index in [1.165, 1.54) is 25.1 Å². The molecule has 0 saturated carbocycles. The van der Waals surface area contributed by atoms with Gasteiger partial charge < -0.3 is 37.3 Å². The maximum absolute atomic E-state index is 11.1. The van der Waals surface area contributed by atoms with Gasteiger partial charge in [-0.2, -0.15) is 0 Å². The van der Waals surface area contributed by atoms with Crippen LogP contribution < -0.4 is 10.8 Å². The summed E-state index contributed by atoms with van der Waals surface area (Å²) in [5, 5.41) is 15.1. The molecule has 1 fully saturated rings. The Kier molecular flexibility index (Phi) is 15.7.